The molecule has 0 saturated heterocycles. The molecule has 2 heteroatoms. The molecular formula is C11H8N2. The molecule has 0 fully saturated rings. The molecule has 1 N–H and O–H groups in total. The van der Waals surface area contributed by atoms with Gasteiger partial charge in [0.1, 0.15) is 5.65 Å². The Balaban J connectivity index is 2.64. The molecule has 0 unspecified atom stereocenters. The maximum atomic E-state index is 4.26. The summed E-state index contributed by atoms with van der Waals surface area (Å²) in [4.78, 5) is 7.53. The quantitative estimate of drug-likeness (QED) is 0.552. The lowest BCUT2D eigenvalue weighted by Crippen LogP contribution is -1.71. The molecular weight excluding hydrogens is 162 g/mol. The Morgan fingerprint density at radius 1 is 0.923 bits per heavy atom. The van der Waals surface area contributed by atoms with Crippen LogP contribution in [0.4, 0.5) is 0 Å². The van der Waals surface area contributed by atoms with Crippen LogP contribution in [-0.4, -0.2) is 9.97 Å². The molecule has 2 nitrogen and oxygen atoms in total. The molecule has 1 aromatic carbocycles. The number of nitrogens with zero attached hydrogens (tertiary/aromatic N) is 1. The number of nitrogens with one attached hydrogen (secondary N) is 1. The zero-order chi connectivity index (χ0) is 8.67. The molecule has 2 aromatic heterocycles. The van der Waals surface area contributed by atoms with Gasteiger partial charge in [0.2, 0.25) is 0 Å². The van der Waals surface area contributed by atoms with Gasteiger partial charge in [-0.25, -0.2) is 4.98 Å². The van der Waals surface area contributed by atoms with Crippen molar-refractivity contribution < 1.29 is 0 Å². The van der Waals surface area contributed by atoms with Gasteiger partial charge in [-0.2, -0.15) is 0 Å². The third-order valence-electron chi connectivity index (χ3n) is 2.28. The summed E-state index contributed by atoms with van der Waals surface area (Å²) < 4.78 is 0. The first-order valence-corrected chi connectivity index (χ1v) is 4.26. The minimum Gasteiger partial charge on any atom is -0.339 e. The van der Waals surface area contributed by atoms with Crippen molar-refractivity contribution in [1.82, 2.24) is 9.97 Å². The van der Waals surface area contributed by atoms with Gasteiger partial charge >= 0.3 is 0 Å². The van der Waals surface area contributed by atoms with E-state index in [0.29, 0.717) is 0 Å². The van der Waals surface area contributed by atoms with Crippen LogP contribution >= 0.6 is 0 Å². The highest BCUT2D eigenvalue weighted by atomic mass is 15.6. The van der Waals surface area contributed by atoms with Gasteiger partial charge in [-0.3, -0.25) is 0 Å². The van der Waals surface area contributed by atoms with Crippen LogP contribution < -0.4 is 0 Å². The number of pyridine rings is 1. The van der Waals surface area contributed by atoms with Crippen molar-refractivity contribution in [1.29, 1.82) is 0 Å². The van der Waals surface area contributed by atoms with Gasteiger partial charge in [-0.05, 0) is 18.2 Å². The maximum absolute atomic E-state index is 4.26. The number of aromatic nitrogens is 2. The summed E-state index contributed by atoms with van der Waals surface area (Å²) in [6, 6.07) is 12.3. The van der Waals surface area contributed by atoms with Crippen LogP contribution in [0.1, 0.15) is 0 Å². The van der Waals surface area contributed by atoms with Gasteiger partial charge in [-0.1, -0.05) is 18.2 Å². The summed E-state index contributed by atoms with van der Waals surface area (Å²) in [6.07, 6.45) is 1.80. The molecule has 0 aliphatic heterocycles. The van der Waals surface area contributed by atoms with Crippen LogP contribution in [0.3, 0.4) is 0 Å². The van der Waals surface area contributed by atoms with Crippen molar-refractivity contribution in [3.05, 3.63) is 42.6 Å². The van der Waals surface area contributed by atoms with E-state index in [0.717, 1.165) is 11.2 Å². The zero-order valence-electron chi connectivity index (χ0n) is 6.99. The Bertz CT molecular complexity index is 516. The van der Waals surface area contributed by atoms with E-state index < -0.39 is 0 Å². The van der Waals surface area contributed by atoms with Crippen LogP contribution in [0.5, 0.6) is 0 Å². The molecule has 0 aliphatic rings. The van der Waals surface area contributed by atoms with Gasteiger partial charge in [0.25, 0.3) is 0 Å². The molecule has 13 heavy (non-hydrogen) atoms. The average Bonchev–Trinajstić information content (AvgIpc) is 2.56. The predicted octanol–water partition coefficient (Wildman–Crippen LogP) is 2.72. The van der Waals surface area contributed by atoms with E-state index in [1.807, 2.05) is 18.2 Å². The average molecular weight is 170 g/mol. The highest BCUT2D eigenvalue weighted by Gasteiger charge is 2.01. The van der Waals surface area contributed by atoms with Crippen molar-refractivity contribution in [3.8, 4) is 0 Å². The summed E-state index contributed by atoms with van der Waals surface area (Å²) in [7, 11) is 0. The summed E-state index contributed by atoms with van der Waals surface area (Å²) in [5.41, 5.74) is 2.11. The van der Waals surface area contributed by atoms with Crippen molar-refractivity contribution >= 4 is 21.9 Å². The zero-order valence-corrected chi connectivity index (χ0v) is 6.99. The lowest BCUT2D eigenvalue weighted by Gasteiger charge is -1.87. The number of H-pyrrole nitrogens is 1. The number of benzene rings is 1. The standard InChI is InChI=1S/C11H8N2/c1-2-6-10-8(4-1)9-5-3-7-12-11(9)13-10/h1-7H,(H,12,13)/i12+1,13+1. The van der Waals surface area contributed by atoms with Gasteiger partial charge in [0, 0.05) is 22.5 Å². The van der Waals surface area contributed by atoms with E-state index in [9.17, 15) is 0 Å². The van der Waals surface area contributed by atoms with Gasteiger partial charge in [0.15, 0.2) is 0 Å². The normalized spacial score (nSPS) is 11.1. The number of para-hydroxylation sites is 1. The summed E-state index contributed by atoms with van der Waals surface area (Å²) >= 11 is 0. The SMILES string of the molecule is c1ccc2c(c1)[15nH]c1[15n]cccc12. The van der Waals surface area contributed by atoms with E-state index in [-0.39, 0.29) is 0 Å². The minimum atomic E-state index is 0.962. The second kappa shape index (κ2) is 2.33. The summed E-state index contributed by atoms with van der Waals surface area (Å²) in [6.45, 7) is 0. The molecule has 0 amide bonds. The fraction of sp³-hybridized carbons (Fsp3) is 0. The number of rotatable bonds is 0. The Morgan fingerprint density at radius 3 is 2.77 bits per heavy atom. The number of hydrogen-bond acceptors (Lipinski definition) is 1. The lowest BCUT2D eigenvalue weighted by atomic mass is 10.2. The molecule has 3 aromatic rings. The molecule has 0 atom stereocenters. The predicted molar refractivity (Wildman–Crippen MR) is 53.6 cm³/mol. The molecule has 0 aliphatic carbocycles. The van der Waals surface area contributed by atoms with Gasteiger partial charge < -0.3 is 4.98 Å². The topological polar surface area (TPSA) is 28.7 Å². The molecule has 2 heterocycles. The Morgan fingerprint density at radius 2 is 1.77 bits per heavy atom. The minimum absolute atomic E-state index is 0.962. The van der Waals surface area contributed by atoms with Crippen molar-refractivity contribution in [2.45, 2.75) is 0 Å². The van der Waals surface area contributed by atoms with Crippen LogP contribution in [0.25, 0.3) is 21.9 Å². The molecule has 0 bridgehead atoms. The lowest BCUT2D eigenvalue weighted by molar-refractivity contribution is 1.35. The second-order valence-corrected chi connectivity index (χ2v) is 3.07. The second-order valence-electron chi connectivity index (χ2n) is 3.07. The third-order valence-corrected chi connectivity index (χ3v) is 2.28. The summed E-state index contributed by atoms with van der Waals surface area (Å²) in [5, 5.41) is 2.43. The van der Waals surface area contributed by atoms with Gasteiger partial charge in [-0.15, -0.1) is 0 Å². The molecule has 0 radical (unpaired) electrons. The molecule has 3 rings (SSSR count). The Hall–Kier alpha value is -1.83. The van der Waals surface area contributed by atoms with Crippen molar-refractivity contribution in [2.24, 2.45) is 0 Å². The number of fused-ring (bicyclic) bond motifs is 3. The van der Waals surface area contributed by atoms with Crippen LogP contribution in [0, 0.1) is 0 Å². The Kier molecular flexibility index (Phi) is 1.19. The number of aromatic amines is 1. The first-order valence-electron chi connectivity index (χ1n) is 4.26. The highest BCUT2D eigenvalue weighted by molar-refractivity contribution is 6.05. The maximum Gasteiger partial charge on any atom is 0.138 e. The van der Waals surface area contributed by atoms with E-state index in [4.69, 9.17) is 0 Å². The monoisotopic (exact) mass is 170 g/mol. The molecule has 0 spiro atoms. The first kappa shape index (κ1) is 6.66. The fourth-order valence-electron chi connectivity index (χ4n) is 1.68. The first-order chi connectivity index (χ1) is 6.45. The van der Waals surface area contributed by atoms with Crippen LogP contribution in [0.15, 0.2) is 42.6 Å². The third kappa shape index (κ3) is 0.855. The Labute approximate surface area is 75.2 Å². The van der Waals surface area contributed by atoms with Crippen molar-refractivity contribution in [3.63, 3.8) is 0 Å². The van der Waals surface area contributed by atoms with E-state index in [1.54, 1.807) is 6.20 Å². The van der Waals surface area contributed by atoms with Crippen LogP contribution in [0.2, 0.25) is 0 Å². The van der Waals surface area contributed by atoms with Crippen LogP contribution in [-0.2, 0) is 0 Å². The van der Waals surface area contributed by atoms with Gasteiger partial charge in [0.05, 0.1) is 0 Å². The largest absolute Gasteiger partial charge is 0.339 e. The highest BCUT2D eigenvalue weighted by Crippen LogP contribution is 2.22. The van der Waals surface area contributed by atoms with Crippen molar-refractivity contribution in [2.75, 3.05) is 0 Å². The van der Waals surface area contributed by atoms with E-state index in [1.165, 1.54) is 10.8 Å². The van der Waals surface area contributed by atoms with E-state index >= 15 is 0 Å². The molecule has 62 valence electrons. The molecule has 0 saturated carbocycles. The van der Waals surface area contributed by atoms with E-state index in [2.05, 4.69) is 28.2 Å². The summed E-state index contributed by atoms with van der Waals surface area (Å²) in [5.74, 6) is 0. The fourth-order valence-corrected chi connectivity index (χ4v) is 1.68. The smallest absolute Gasteiger partial charge is 0.138 e. The number of hydrogen-bond donors (Lipinski definition) is 1.